The van der Waals surface area contributed by atoms with Crippen molar-refractivity contribution in [3.63, 3.8) is 0 Å². The lowest BCUT2D eigenvalue weighted by Crippen LogP contribution is -2.25. The number of rotatable bonds is 1. The van der Waals surface area contributed by atoms with Gasteiger partial charge in [-0.1, -0.05) is 11.8 Å². The highest BCUT2D eigenvalue weighted by Gasteiger charge is 2.41. The third-order valence-corrected chi connectivity index (χ3v) is 3.05. The number of aliphatic hydroxyl groups excluding tert-OH is 2. The Hall–Kier alpha value is -0.480. The molecule has 0 saturated heterocycles. The highest BCUT2D eigenvalue weighted by molar-refractivity contribution is 8.15. The van der Waals surface area contributed by atoms with E-state index in [2.05, 4.69) is 0 Å². The largest absolute Gasteiger partial charge is 0.510 e. The summed E-state index contributed by atoms with van der Waals surface area (Å²) in [5.74, 6) is 0.00926. The van der Waals surface area contributed by atoms with E-state index in [1.807, 2.05) is 0 Å². The average molecular weight is 174 g/mol. The molecule has 0 aromatic carbocycles. The van der Waals surface area contributed by atoms with Crippen molar-refractivity contribution in [2.45, 2.75) is 18.6 Å². The van der Waals surface area contributed by atoms with Crippen molar-refractivity contribution in [3.05, 3.63) is 11.3 Å². The van der Waals surface area contributed by atoms with Crippen LogP contribution in [0.4, 0.5) is 0 Å². The molecule has 3 nitrogen and oxygen atoms in total. The molecule has 0 spiro atoms. The molecule has 0 aromatic rings. The summed E-state index contributed by atoms with van der Waals surface area (Å²) in [7, 11) is 0. The highest BCUT2D eigenvalue weighted by atomic mass is 32.2. The van der Waals surface area contributed by atoms with E-state index >= 15 is 0 Å². The smallest absolute Gasteiger partial charge is 0.219 e. The topological polar surface area (TPSA) is 57.5 Å². The third-order valence-electron chi connectivity index (χ3n) is 1.78. The van der Waals surface area contributed by atoms with Crippen LogP contribution in [0.2, 0.25) is 0 Å². The molecular weight excluding hydrogens is 164 g/mol. The summed E-state index contributed by atoms with van der Waals surface area (Å²) in [6, 6.07) is 0. The fraction of sp³-hybridized carbons (Fsp3) is 0.571. The standard InChI is InChI=1S/C7H10O3S/c1-4-5(9)7(2,3-8)11-6(4)10/h8-9H,3H2,1-2H3. The zero-order valence-corrected chi connectivity index (χ0v) is 7.23. The molecule has 0 fully saturated rings. The number of carbonyl (C=O) groups is 1. The Morgan fingerprint density at radius 1 is 1.64 bits per heavy atom. The van der Waals surface area contributed by atoms with Crippen LogP contribution in [0.3, 0.4) is 0 Å². The van der Waals surface area contributed by atoms with E-state index in [0.29, 0.717) is 5.57 Å². The molecule has 0 bridgehead atoms. The van der Waals surface area contributed by atoms with Crippen molar-refractivity contribution in [3.8, 4) is 0 Å². The van der Waals surface area contributed by atoms with E-state index in [1.165, 1.54) is 0 Å². The summed E-state index contributed by atoms with van der Waals surface area (Å²) in [6.07, 6.45) is 0. The van der Waals surface area contributed by atoms with Crippen molar-refractivity contribution in [2.24, 2.45) is 0 Å². The van der Waals surface area contributed by atoms with Gasteiger partial charge in [0.25, 0.3) is 0 Å². The first-order valence-electron chi connectivity index (χ1n) is 3.26. The van der Waals surface area contributed by atoms with E-state index in [-0.39, 0.29) is 17.5 Å². The molecule has 2 N–H and O–H groups in total. The lowest BCUT2D eigenvalue weighted by Gasteiger charge is -2.18. The van der Waals surface area contributed by atoms with Gasteiger partial charge in [0.05, 0.1) is 6.61 Å². The van der Waals surface area contributed by atoms with Crippen LogP contribution in [0, 0.1) is 0 Å². The van der Waals surface area contributed by atoms with Gasteiger partial charge < -0.3 is 10.2 Å². The molecule has 0 radical (unpaired) electrons. The van der Waals surface area contributed by atoms with Crippen molar-refractivity contribution in [2.75, 3.05) is 6.61 Å². The van der Waals surface area contributed by atoms with Crippen molar-refractivity contribution in [1.82, 2.24) is 0 Å². The normalized spacial score (nSPS) is 31.7. The number of hydrogen-bond donors (Lipinski definition) is 2. The van der Waals surface area contributed by atoms with Crippen LogP contribution < -0.4 is 0 Å². The van der Waals surface area contributed by atoms with Crippen molar-refractivity contribution < 1.29 is 15.0 Å². The molecule has 11 heavy (non-hydrogen) atoms. The molecule has 1 rings (SSSR count). The first-order chi connectivity index (χ1) is 5.01. The second-order valence-corrected chi connectivity index (χ2v) is 4.23. The lowest BCUT2D eigenvalue weighted by molar-refractivity contribution is -0.107. The van der Waals surface area contributed by atoms with E-state index in [4.69, 9.17) is 5.11 Å². The Morgan fingerprint density at radius 2 is 2.18 bits per heavy atom. The minimum Gasteiger partial charge on any atom is -0.510 e. The Bertz CT molecular complexity index is 234. The van der Waals surface area contributed by atoms with Crippen LogP contribution in [-0.4, -0.2) is 26.7 Å². The minimum absolute atomic E-state index is 0.00926. The quantitative estimate of drug-likeness (QED) is 0.618. The minimum atomic E-state index is -0.804. The summed E-state index contributed by atoms with van der Waals surface area (Å²) < 4.78 is -0.804. The highest BCUT2D eigenvalue weighted by Crippen LogP contribution is 2.41. The maximum atomic E-state index is 11.0. The molecule has 0 aromatic heterocycles. The number of thioether (sulfide) groups is 1. The second-order valence-electron chi connectivity index (χ2n) is 2.75. The molecule has 62 valence electrons. The van der Waals surface area contributed by atoms with Gasteiger partial charge in [-0.3, -0.25) is 4.79 Å². The lowest BCUT2D eigenvalue weighted by atomic mass is 10.1. The van der Waals surface area contributed by atoms with Crippen molar-refractivity contribution >= 4 is 16.9 Å². The molecule has 1 heterocycles. The van der Waals surface area contributed by atoms with Gasteiger partial charge in [0.1, 0.15) is 10.5 Å². The van der Waals surface area contributed by atoms with Gasteiger partial charge in [-0.2, -0.15) is 0 Å². The predicted octanol–water partition coefficient (Wildman–Crippen LogP) is 0.843. The fourth-order valence-electron chi connectivity index (χ4n) is 0.930. The first kappa shape index (κ1) is 8.62. The zero-order chi connectivity index (χ0) is 8.65. The maximum Gasteiger partial charge on any atom is 0.219 e. The molecule has 1 unspecified atom stereocenters. The van der Waals surface area contributed by atoms with E-state index < -0.39 is 4.75 Å². The first-order valence-corrected chi connectivity index (χ1v) is 4.07. The fourth-order valence-corrected chi connectivity index (χ4v) is 1.90. The van der Waals surface area contributed by atoms with Gasteiger partial charge in [-0.15, -0.1) is 0 Å². The summed E-state index contributed by atoms with van der Waals surface area (Å²) in [6.45, 7) is 2.99. The zero-order valence-electron chi connectivity index (χ0n) is 6.42. The SMILES string of the molecule is CC1=C(O)C(C)(CO)SC1=O. The maximum absolute atomic E-state index is 11.0. The van der Waals surface area contributed by atoms with Gasteiger partial charge in [-0.25, -0.2) is 0 Å². The van der Waals surface area contributed by atoms with Crippen molar-refractivity contribution in [1.29, 1.82) is 0 Å². The number of carbonyl (C=O) groups excluding carboxylic acids is 1. The van der Waals surface area contributed by atoms with Crippen LogP contribution >= 0.6 is 11.8 Å². The van der Waals surface area contributed by atoms with Crippen LogP contribution in [-0.2, 0) is 4.79 Å². The van der Waals surface area contributed by atoms with Gasteiger partial charge in [0.2, 0.25) is 5.12 Å². The van der Waals surface area contributed by atoms with E-state index in [0.717, 1.165) is 11.8 Å². The average Bonchev–Trinajstić information content (AvgIpc) is 2.17. The van der Waals surface area contributed by atoms with Gasteiger partial charge in [0, 0.05) is 5.57 Å². The molecule has 0 amide bonds. The summed E-state index contributed by atoms with van der Waals surface area (Å²) in [5, 5.41) is 18.1. The number of aliphatic hydroxyl groups is 2. The Balaban J connectivity index is 3.03. The third kappa shape index (κ3) is 1.16. The number of hydrogen-bond acceptors (Lipinski definition) is 4. The molecule has 1 aliphatic rings. The van der Waals surface area contributed by atoms with Gasteiger partial charge >= 0.3 is 0 Å². The summed E-state index contributed by atoms with van der Waals surface area (Å²) >= 11 is 0.971. The molecule has 1 atom stereocenters. The van der Waals surface area contributed by atoms with Crippen LogP contribution in [0.25, 0.3) is 0 Å². The Morgan fingerprint density at radius 3 is 2.36 bits per heavy atom. The van der Waals surface area contributed by atoms with Gasteiger partial charge in [0.15, 0.2) is 0 Å². The second kappa shape index (κ2) is 2.53. The van der Waals surface area contributed by atoms with Crippen LogP contribution in [0.5, 0.6) is 0 Å². The molecular formula is C7H10O3S. The molecule has 4 heteroatoms. The molecule has 0 aliphatic carbocycles. The van der Waals surface area contributed by atoms with Crippen LogP contribution in [0.1, 0.15) is 13.8 Å². The molecule has 0 saturated carbocycles. The Kier molecular flexibility index (Phi) is 1.98. The summed E-state index contributed by atoms with van der Waals surface area (Å²) in [4.78, 5) is 11.0. The molecule has 1 aliphatic heterocycles. The van der Waals surface area contributed by atoms with Gasteiger partial charge in [-0.05, 0) is 13.8 Å². The monoisotopic (exact) mass is 174 g/mol. The van der Waals surface area contributed by atoms with E-state index in [9.17, 15) is 9.90 Å². The Labute approximate surface area is 69.1 Å². The van der Waals surface area contributed by atoms with E-state index in [1.54, 1.807) is 13.8 Å². The predicted molar refractivity (Wildman–Crippen MR) is 43.4 cm³/mol. The van der Waals surface area contributed by atoms with Crippen LogP contribution in [0.15, 0.2) is 11.3 Å². The summed E-state index contributed by atoms with van der Waals surface area (Å²) in [5.41, 5.74) is 0.353.